The van der Waals surface area contributed by atoms with Gasteiger partial charge in [0.05, 0.1) is 19.8 Å². The molecule has 0 aliphatic heterocycles. The van der Waals surface area contributed by atoms with Crippen LogP contribution in [0.2, 0.25) is 0 Å². The summed E-state index contributed by atoms with van der Waals surface area (Å²) in [6.45, 7) is 3.56. The Morgan fingerprint density at radius 2 is 0.797 bits per heavy atom. The zero-order chi connectivity index (χ0) is 50.4. The molecule has 0 aliphatic rings. The highest BCUT2D eigenvalue weighted by molar-refractivity contribution is 7.47. The first-order chi connectivity index (χ1) is 33.7. The minimum absolute atomic E-state index is 0.0182. The van der Waals surface area contributed by atoms with Crippen molar-refractivity contribution in [1.29, 1.82) is 0 Å². The summed E-state index contributed by atoms with van der Waals surface area (Å²) < 4.78 is 33.5. The fourth-order valence-electron chi connectivity index (χ4n) is 6.47. The first-order valence-electron chi connectivity index (χ1n) is 26.2. The molecule has 0 heterocycles. The smallest absolute Gasteiger partial charge is 0.472 e. The molecular weight excluding hydrogens is 886 g/mol. The Kier molecular flexibility index (Phi) is 49.0. The number of phosphoric ester groups is 1. The van der Waals surface area contributed by atoms with Crippen molar-refractivity contribution < 1.29 is 42.7 Å². The maximum atomic E-state index is 12.7. The molecule has 0 saturated heterocycles. The molecule has 0 rings (SSSR count). The van der Waals surface area contributed by atoms with Crippen molar-refractivity contribution in [2.24, 2.45) is 5.73 Å². The highest BCUT2D eigenvalue weighted by Crippen LogP contribution is 2.43. The maximum absolute atomic E-state index is 12.7. The van der Waals surface area contributed by atoms with Gasteiger partial charge < -0.3 is 25.2 Å². The van der Waals surface area contributed by atoms with Gasteiger partial charge in [0.15, 0.2) is 0 Å². The molecule has 4 N–H and O–H groups in total. The second-order valence-electron chi connectivity index (χ2n) is 16.9. The van der Waals surface area contributed by atoms with Gasteiger partial charge >= 0.3 is 19.8 Å². The molecule has 10 nitrogen and oxygen atoms in total. The fraction of sp³-hybridized carbons (Fsp3) is 0.586. The van der Waals surface area contributed by atoms with Crippen LogP contribution in [-0.2, 0) is 32.7 Å². The van der Waals surface area contributed by atoms with E-state index in [-0.39, 0.29) is 13.0 Å². The minimum atomic E-state index is -4.65. The van der Waals surface area contributed by atoms with Gasteiger partial charge in [-0.1, -0.05) is 205 Å². The Labute approximate surface area is 419 Å². The molecule has 0 aromatic heterocycles. The molecule has 0 bridgehead atoms. The number of rotatable bonds is 48. The van der Waals surface area contributed by atoms with Crippen LogP contribution in [0.4, 0.5) is 0 Å². The Hall–Kier alpha value is -3.89. The summed E-state index contributed by atoms with van der Waals surface area (Å²) in [6, 6.07) is -1.49. The lowest BCUT2D eigenvalue weighted by Crippen LogP contribution is -2.34. The summed E-state index contributed by atoms with van der Waals surface area (Å²) in [4.78, 5) is 33.7. The fourth-order valence-corrected chi connectivity index (χ4v) is 7.24. The number of esters is 1. The normalized spacial score (nSPS) is 14.7. The Morgan fingerprint density at radius 1 is 0.464 bits per heavy atom. The molecule has 390 valence electrons. The van der Waals surface area contributed by atoms with Gasteiger partial charge in [0.25, 0.3) is 0 Å². The lowest BCUT2D eigenvalue weighted by atomic mass is 10.1. The number of hydrogen-bond donors (Lipinski definition) is 3. The second-order valence-corrected chi connectivity index (χ2v) is 18.3. The predicted molar refractivity (Wildman–Crippen MR) is 290 cm³/mol. The van der Waals surface area contributed by atoms with Crippen molar-refractivity contribution in [3.05, 3.63) is 134 Å². The van der Waals surface area contributed by atoms with E-state index in [1.165, 1.54) is 51.4 Å². The number of nitrogens with two attached hydrogens (primary N) is 1. The molecule has 3 unspecified atom stereocenters. The third-order valence-corrected chi connectivity index (χ3v) is 11.4. The second kappa shape index (κ2) is 51.9. The number of carbonyl (C=O) groups excluding carboxylic acids is 1. The average molecular weight is 980 g/mol. The Morgan fingerprint density at radius 3 is 1.19 bits per heavy atom. The van der Waals surface area contributed by atoms with Crippen LogP contribution in [-0.4, -0.2) is 60.5 Å². The average Bonchev–Trinajstić information content (AvgIpc) is 3.33. The van der Waals surface area contributed by atoms with Crippen molar-refractivity contribution in [2.45, 2.75) is 193 Å². The van der Waals surface area contributed by atoms with Gasteiger partial charge in [-0.15, -0.1) is 0 Å². The highest BCUT2D eigenvalue weighted by Gasteiger charge is 2.27. The molecule has 11 heteroatoms. The van der Waals surface area contributed by atoms with E-state index in [0.717, 1.165) is 96.3 Å². The maximum Gasteiger partial charge on any atom is 0.472 e. The molecule has 0 aromatic rings. The third-order valence-electron chi connectivity index (χ3n) is 10.4. The van der Waals surface area contributed by atoms with Gasteiger partial charge in [-0.3, -0.25) is 18.6 Å². The first kappa shape index (κ1) is 65.1. The number of carboxylic acid groups (broad SMARTS) is 1. The molecule has 0 aromatic carbocycles. The molecule has 0 fully saturated rings. The summed E-state index contributed by atoms with van der Waals surface area (Å²) in [5.41, 5.74) is 5.37. The van der Waals surface area contributed by atoms with E-state index in [4.69, 9.17) is 29.4 Å². The molecule has 0 radical (unpaired) electrons. The molecule has 3 atom stereocenters. The molecule has 69 heavy (non-hydrogen) atoms. The molecule has 0 saturated carbocycles. The van der Waals surface area contributed by atoms with Gasteiger partial charge in [0, 0.05) is 13.0 Å². The minimum Gasteiger partial charge on any atom is -0.480 e. The first-order valence-corrected chi connectivity index (χ1v) is 27.7. The Balaban J connectivity index is 4.27. The number of aliphatic carboxylic acids is 1. The van der Waals surface area contributed by atoms with E-state index in [0.29, 0.717) is 19.4 Å². The van der Waals surface area contributed by atoms with Crippen molar-refractivity contribution in [3.8, 4) is 0 Å². The summed E-state index contributed by atoms with van der Waals surface area (Å²) in [6.07, 6.45) is 73.8. The summed E-state index contributed by atoms with van der Waals surface area (Å²) in [5.74, 6) is -1.85. The van der Waals surface area contributed by atoms with Crippen LogP contribution in [0.25, 0.3) is 0 Å². The number of allylic oxidation sites excluding steroid dienone is 22. The molecule has 0 spiro atoms. The number of carbonyl (C=O) groups is 2. The summed E-state index contributed by atoms with van der Waals surface area (Å²) in [5, 5.41) is 8.94. The van der Waals surface area contributed by atoms with E-state index in [1.807, 2.05) is 6.08 Å². The molecule has 0 amide bonds. The van der Waals surface area contributed by atoms with Crippen molar-refractivity contribution in [3.63, 3.8) is 0 Å². The SMILES string of the molecule is CC/C=C\C/C=C\C/C=C\C/C=C\C/C=C\C/C=C\C/C=C\CCCC(=O)OC(COCCCCCCCCCCCCC/C=C\C/C=C\C/C=C\C/C=C\CC)COP(=O)(O)OCC(N)C(=O)O. The van der Waals surface area contributed by atoms with Crippen LogP contribution < -0.4 is 5.73 Å². The van der Waals surface area contributed by atoms with Gasteiger partial charge in [-0.25, -0.2) is 4.57 Å². The number of phosphoric acid groups is 1. The van der Waals surface area contributed by atoms with E-state index >= 15 is 0 Å². The molecular formula is C58H94NO9P. The third kappa shape index (κ3) is 51.8. The van der Waals surface area contributed by atoms with Gasteiger partial charge in [-0.05, 0) is 103 Å². The number of hydrogen-bond acceptors (Lipinski definition) is 8. The van der Waals surface area contributed by atoms with Crippen molar-refractivity contribution >= 4 is 19.8 Å². The van der Waals surface area contributed by atoms with Crippen molar-refractivity contribution in [1.82, 2.24) is 0 Å². The van der Waals surface area contributed by atoms with Crippen LogP contribution in [0.15, 0.2) is 134 Å². The standard InChI is InChI=1S/C58H94NO9P/c1-3-5-7-9-11-13-15-17-19-21-23-25-27-29-31-33-35-37-39-41-43-45-47-49-51-65-52-55(53-66-69(63,64)67-54-56(59)58(61)62)68-57(60)50-48-46-44-42-40-38-36-34-32-30-28-26-24-22-20-18-16-14-12-10-8-6-4-2/h5-8,11-14,17-20,23-26,30,32,36,38,42,44,55-56H,3-4,9-10,15-16,21-22,27-29,31,33-35,37,39-41,43,45-54,59H2,1-2H3,(H,61,62)(H,63,64)/b7-5-,8-6-,13-11-,14-12-,19-17-,20-18-,25-23-,26-24-,32-30-,38-36-,44-42-. The summed E-state index contributed by atoms with van der Waals surface area (Å²) in [7, 11) is -4.65. The van der Waals surface area contributed by atoms with E-state index in [9.17, 15) is 19.0 Å². The largest absolute Gasteiger partial charge is 0.480 e. The number of unbranched alkanes of at least 4 members (excludes halogenated alkanes) is 12. The van der Waals surface area contributed by atoms with Crippen LogP contribution in [0, 0.1) is 0 Å². The van der Waals surface area contributed by atoms with Crippen LogP contribution >= 0.6 is 7.82 Å². The van der Waals surface area contributed by atoms with E-state index < -0.39 is 45.1 Å². The quantitative estimate of drug-likeness (QED) is 0.0232. The lowest BCUT2D eigenvalue weighted by molar-refractivity contribution is -0.154. The highest BCUT2D eigenvalue weighted by atomic mass is 31.2. The van der Waals surface area contributed by atoms with Gasteiger partial charge in [0.2, 0.25) is 0 Å². The van der Waals surface area contributed by atoms with Crippen LogP contribution in [0.5, 0.6) is 0 Å². The summed E-state index contributed by atoms with van der Waals surface area (Å²) >= 11 is 0. The zero-order valence-corrected chi connectivity index (χ0v) is 43.7. The number of ether oxygens (including phenoxy) is 2. The van der Waals surface area contributed by atoms with Crippen LogP contribution in [0.3, 0.4) is 0 Å². The Bertz CT molecular complexity index is 1600. The van der Waals surface area contributed by atoms with E-state index in [2.05, 4.69) is 141 Å². The van der Waals surface area contributed by atoms with Crippen LogP contribution in [0.1, 0.15) is 181 Å². The number of carboxylic acids is 1. The monoisotopic (exact) mass is 980 g/mol. The topological polar surface area (TPSA) is 155 Å². The lowest BCUT2D eigenvalue weighted by Gasteiger charge is -2.20. The molecule has 0 aliphatic carbocycles. The van der Waals surface area contributed by atoms with Gasteiger partial charge in [0.1, 0.15) is 12.1 Å². The zero-order valence-electron chi connectivity index (χ0n) is 42.8. The van der Waals surface area contributed by atoms with Gasteiger partial charge in [-0.2, -0.15) is 0 Å². The van der Waals surface area contributed by atoms with E-state index in [1.54, 1.807) is 0 Å². The predicted octanol–water partition coefficient (Wildman–Crippen LogP) is 15.8. The van der Waals surface area contributed by atoms with Crippen molar-refractivity contribution in [2.75, 3.05) is 26.4 Å².